The van der Waals surface area contributed by atoms with Crippen LogP contribution < -0.4 is 15.4 Å². The van der Waals surface area contributed by atoms with Crippen molar-refractivity contribution in [3.05, 3.63) is 77.6 Å². The highest BCUT2D eigenvalue weighted by atomic mass is 19.1. The number of nitrogens with zero attached hydrogens (tertiary/aromatic N) is 3. The third-order valence-corrected chi connectivity index (χ3v) is 8.65. The van der Waals surface area contributed by atoms with Crippen molar-refractivity contribution in [3.63, 3.8) is 0 Å². The molecule has 5 rings (SSSR count). The summed E-state index contributed by atoms with van der Waals surface area (Å²) in [5.74, 6) is -2.62. The van der Waals surface area contributed by atoms with Crippen molar-refractivity contribution >= 4 is 40.3 Å². The van der Waals surface area contributed by atoms with E-state index in [2.05, 4.69) is 10.6 Å². The molecule has 0 unspecified atom stereocenters. The number of rotatable bonds is 4. The Morgan fingerprint density at radius 1 is 0.978 bits per heavy atom. The Balaban J connectivity index is 1.36. The highest BCUT2D eigenvalue weighted by Gasteiger charge is 2.38. The Morgan fingerprint density at radius 3 is 2.50 bits per heavy atom. The van der Waals surface area contributed by atoms with Gasteiger partial charge in [0.25, 0.3) is 5.91 Å². The van der Waals surface area contributed by atoms with E-state index in [4.69, 9.17) is 4.74 Å². The summed E-state index contributed by atoms with van der Waals surface area (Å²) in [6.07, 6.45) is 0.417. The van der Waals surface area contributed by atoms with E-state index in [0.717, 1.165) is 28.5 Å². The molecule has 2 heterocycles. The first-order valence-electron chi connectivity index (χ1n) is 15.3. The van der Waals surface area contributed by atoms with Crippen molar-refractivity contribution in [1.29, 1.82) is 0 Å². The summed E-state index contributed by atoms with van der Waals surface area (Å²) in [6.45, 7) is -0.0573. The average molecular weight is 632 g/mol. The topological polar surface area (TPSA) is 128 Å². The molecule has 3 atom stereocenters. The number of carbonyl (C=O) groups excluding carboxylic acids is 5. The van der Waals surface area contributed by atoms with Gasteiger partial charge in [-0.3, -0.25) is 24.0 Å². The minimum absolute atomic E-state index is 0.0115. The summed E-state index contributed by atoms with van der Waals surface area (Å²) in [4.78, 5) is 70.0. The number of halogens is 1. The Kier molecular flexibility index (Phi) is 9.84. The minimum Gasteiger partial charge on any atom is -0.491 e. The molecule has 46 heavy (non-hydrogen) atoms. The maximum Gasteiger partial charge on any atom is 0.258 e. The molecule has 242 valence electrons. The number of likely N-dealkylation sites (N-methyl/N-ethyl adjacent to an activating group) is 3. The second-order valence-electron chi connectivity index (χ2n) is 11.8. The zero-order chi connectivity index (χ0) is 33.0. The Hall–Kier alpha value is -5.00. The van der Waals surface area contributed by atoms with E-state index < -0.39 is 29.7 Å². The highest BCUT2D eigenvalue weighted by Crippen LogP contribution is 2.26. The van der Waals surface area contributed by atoms with Crippen molar-refractivity contribution in [2.24, 2.45) is 0 Å². The first-order valence-corrected chi connectivity index (χ1v) is 15.3. The van der Waals surface area contributed by atoms with Gasteiger partial charge < -0.3 is 30.1 Å². The van der Waals surface area contributed by atoms with Gasteiger partial charge >= 0.3 is 0 Å². The molecule has 0 spiro atoms. The van der Waals surface area contributed by atoms with Crippen LogP contribution in [0.15, 0.2) is 60.7 Å². The van der Waals surface area contributed by atoms with Gasteiger partial charge in [-0.15, -0.1) is 0 Å². The molecule has 1 fully saturated rings. The fourth-order valence-corrected chi connectivity index (χ4v) is 6.11. The second kappa shape index (κ2) is 14.0. The zero-order valence-electron chi connectivity index (χ0n) is 26.1. The fraction of sp³-hybridized carbons (Fsp3) is 0.382. The number of nitrogens with one attached hydrogen (secondary N) is 2. The molecule has 3 aromatic rings. The van der Waals surface area contributed by atoms with Crippen molar-refractivity contribution in [1.82, 2.24) is 25.3 Å². The molecule has 0 saturated carbocycles. The highest BCUT2D eigenvalue weighted by molar-refractivity contribution is 5.99. The van der Waals surface area contributed by atoms with Crippen LogP contribution in [0.4, 0.5) is 4.39 Å². The third kappa shape index (κ3) is 7.27. The molecule has 12 heteroatoms. The SMILES string of the molecule is CNC(=O)[C@H]1CCC(=O)N(C)CC(=O)N2C[C@@H](NC(=O)Cc3ccc4ccccc4c3)C[C@H]2COc2ccc(F)cc2C(=O)N1C. The van der Waals surface area contributed by atoms with Gasteiger partial charge in [-0.25, -0.2) is 4.39 Å². The van der Waals surface area contributed by atoms with E-state index >= 15 is 0 Å². The molecule has 1 saturated heterocycles. The summed E-state index contributed by atoms with van der Waals surface area (Å²) < 4.78 is 20.4. The van der Waals surface area contributed by atoms with E-state index in [1.165, 1.54) is 37.0 Å². The number of amides is 5. The summed E-state index contributed by atoms with van der Waals surface area (Å²) in [5.41, 5.74) is 0.770. The number of carbonyl (C=O) groups is 5. The van der Waals surface area contributed by atoms with Gasteiger partial charge in [-0.2, -0.15) is 0 Å². The number of fused-ring (bicyclic) bond motifs is 3. The lowest BCUT2D eigenvalue weighted by atomic mass is 10.0. The number of benzene rings is 3. The maximum absolute atomic E-state index is 14.4. The van der Waals surface area contributed by atoms with Crippen LogP contribution in [0.25, 0.3) is 10.8 Å². The number of ether oxygens (including phenoxy) is 1. The first kappa shape index (κ1) is 32.4. The van der Waals surface area contributed by atoms with Gasteiger partial charge in [-0.05, 0) is 47.4 Å². The fourth-order valence-electron chi connectivity index (χ4n) is 6.11. The third-order valence-electron chi connectivity index (χ3n) is 8.65. The summed E-state index contributed by atoms with van der Waals surface area (Å²) in [7, 11) is 4.34. The lowest BCUT2D eigenvalue weighted by Gasteiger charge is -2.28. The monoisotopic (exact) mass is 631 g/mol. The molecule has 0 bridgehead atoms. The summed E-state index contributed by atoms with van der Waals surface area (Å²) >= 11 is 0. The van der Waals surface area contributed by atoms with E-state index in [-0.39, 0.29) is 74.0 Å². The van der Waals surface area contributed by atoms with E-state index in [0.29, 0.717) is 6.42 Å². The summed E-state index contributed by atoms with van der Waals surface area (Å²) in [5, 5.41) is 7.67. The van der Waals surface area contributed by atoms with Crippen LogP contribution in [-0.2, 0) is 25.6 Å². The first-order chi connectivity index (χ1) is 22.0. The lowest BCUT2D eigenvalue weighted by Crippen LogP contribution is -2.48. The van der Waals surface area contributed by atoms with E-state index in [9.17, 15) is 28.4 Å². The lowest BCUT2D eigenvalue weighted by molar-refractivity contribution is -0.140. The molecule has 3 aromatic carbocycles. The summed E-state index contributed by atoms with van der Waals surface area (Å²) in [6, 6.07) is 15.4. The van der Waals surface area contributed by atoms with Crippen LogP contribution in [0.1, 0.15) is 35.2 Å². The average Bonchev–Trinajstić information content (AvgIpc) is 3.45. The largest absolute Gasteiger partial charge is 0.491 e. The zero-order valence-corrected chi connectivity index (χ0v) is 26.1. The van der Waals surface area contributed by atoms with Crippen molar-refractivity contribution < 1.29 is 33.1 Å². The van der Waals surface area contributed by atoms with E-state index in [1.807, 2.05) is 42.5 Å². The van der Waals surface area contributed by atoms with Gasteiger partial charge in [-0.1, -0.05) is 42.5 Å². The maximum atomic E-state index is 14.4. The van der Waals surface area contributed by atoms with E-state index in [1.54, 1.807) is 4.90 Å². The van der Waals surface area contributed by atoms with Crippen LogP contribution in [0, 0.1) is 5.82 Å². The Bertz CT molecular complexity index is 1660. The van der Waals surface area contributed by atoms with Crippen molar-refractivity contribution in [3.8, 4) is 5.75 Å². The van der Waals surface area contributed by atoms with Gasteiger partial charge in [0, 0.05) is 40.2 Å². The minimum atomic E-state index is -1.02. The van der Waals surface area contributed by atoms with Crippen LogP contribution in [0.3, 0.4) is 0 Å². The van der Waals surface area contributed by atoms with Crippen LogP contribution >= 0.6 is 0 Å². The molecular formula is C34H38FN5O6. The molecule has 2 aliphatic rings. The number of hydrogen-bond donors (Lipinski definition) is 2. The van der Waals surface area contributed by atoms with Gasteiger partial charge in [0.2, 0.25) is 23.6 Å². The molecule has 11 nitrogen and oxygen atoms in total. The quantitative estimate of drug-likeness (QED) is 0.454. The van der Waals surface area contributed by atoms with Crippen LogP contribution in [0.5, 0.6) is 5.75 Å². The Morgan fingerprint density at radius 2 is 1.74 bits per heavy atom. The molecule has 2 N–H and O–H groups in total. The van der Waals surface area contributed by atoms with Crippen molar-refractivity contribution in [2.45, 2.75) is 43.8 Å². The molecule has 0 radical (unpaired) electrons. The predicted octanol–water partition coefficient (Wildman–Crippen LogP) is 2.12. The number of hydrogen-bond acceptors (Lipinski definition) is 6. The smallest absolute Gasteiger partial charge is 0.258 e. The standard InChI is InChI=1S/C34H38FN5O6/c1-36-33(44)28-11-13-31(42)38(2)19-32(43)40-18-25(37-30(41)15-21-8-9-22-6-4-5-7-23(22)14-21)17-26(40)20-46-29-12-10-24(35)16-27(29)34(45)39(28)3/h4-10,12,14,16,25-26,28H,11,13,15,17-20H2,1-3H3,(H,36,44)(H,37,41)/t25-,26-,28+/m0/s1. The van der Waals surface area contributed by atoms with Gasteiger partial charge in [0.15, 0.2) is 0 Å². The van der Waals surface area contributed by atoms with Gasteiger partial charge in [0.05, 0.1) is 24.6 Å². The van der Waals surface area contributed by atoms with Crippen molar-refractivity contribution in [2.75, 3.05) is 40.8 Å². The second-order valence-corrected chi connectivity index (χ2v) is 11.8. The van der Waals surface area contributed by atoms with Gasteiger partial charge in [0.1, 0.15) is 24.2 Å². The molecule has 2 aliphatic heterocycles. The Labute approximate surface area is 266 Å². The predicted molar refractivity (Wildman–Crippen MR) is 168 cm³/mol. The molecule has 0 aromatic heterocycles. The molecule has 5 amide bonds. The van der Waals surface area contributed by atoms with Crippen LogP contribution in [0.2, 0.25) is 0 Å². The normalized spacial score (nSPS) is 21.2. The molecule has 0 aliphatic carbocycles. The molecular weight excluding hydrogens is 593 g/mol. The van der Waals surface area contributed by atoms with Crippen LogP contribution in [-0.4, -0.2) is 103 Å².